The van der Waals surface area contributed by atoms with Crippen molar-refractivity contribution in [1.82, 2.24) is 10.6 Å². The molecule has 92 valence electrons. The molecule has 0 aliphatic rings. The largest absolute Gasteiger partial charge is 0.464 e. The van der Waals surface area contributed by atoms with E-state index >= 15 is 0 Å². The highest BCUT2D eigenvalue weighted by atomic mass is 35.5. The number of halogens is 1. The molecule has 0 spiro atoms. The van der Waals surface area contributed by atoms with E-state index in [0.29, 0.717) is 0 Å². The van der Waals surface area contributed by atoms with Crippen molar-refractivity contribution in [2.45, 2.75) is 32.2 Å². The minimum atomic E-state index is -0.821. The van der Waals surface area contributed by atoms with Crippen molar-refractivity contribution in [3.8, 4) is 0 Å². The molecule has 0 aromatic rings. The summed E-state index contributed by atoms with van der Waals surface area (Å²) in [6.45, 7) is 4.76. The fourth-order valence-corrected chi connectivity index (χ4v) is 0.825. The Morgan fingerprint density at radius 2 is 1.88 bits per heavy atom. The number of esters is 1. The van der Waals surface area contributed by atoms with Crippen LogP contribution in [0.3, 0.4) is 0 Å². The molecule has 7 heteroatoms. The van der Waals surface area contributed by atoms with E-state index in [4.69, 9.17) is 11.6 Å². The molecule has 2 unspecified atom stereocenters. The molecule has 2 atom stereocenters. The van der Waals surface area contributed by atoms with E-state index < -0.39 is 29.3 Å². The maximum Gasteiger partial charge on any atom is 0.328 e. The second kappa shape index (κ2) is 7.05. The monoisotopic (exact) mass is 250 g/mol. The quantitative estimate of drug-likeness (QED) is 0.558. The molecule has 6 nitrogen and oxygen atoms in total. The van der Waals surface area contributed by atoms with E-state index in [0.717, 1.165) is 0 Å². The van der Waals surface area contributed by atoms with Gasteiger partial charge in [-0.2, -0.15) is 0 Å². The van der Waals surface area contributed by atoms with Crippen LogP contribution in [0, 0.1) is 0 Å². The Balaban J connectivity index is 4.05. The van der Waals surface area contributed by atoms with Crippen LogP contribution in [0.15, 0.2) is 0 Å². The number of hydrogen-bond donors (Lipinski definition) is 2. The summed E-state index contributed by atoms with van der Waals surface area (Å²) in [6.07, 6.45) is 0. The summed E-state index contributed by atoms with van der Waals surface area (Å²) >= 11 is 5.44. The SMILES string of the molecule is CCOC(=O)C(C)NC(=O)NC(=O)C(C)Cl. The highest BCUT2D eigenvalue weighted by Crippen LogP contribution is 1.92. The molecule has 0 saturated heterocycles. The molecule has 0 saturated carbocycles. The summed E-state index contributed by atoms with van der Waals surface area (Å²) in [6, 6.07) is -1.60. The van der Waals surface area contributed by atoms with Gasteiger partial charge in [-0.1, -0.05) is 0 Å². The van der Waals surface area contributed by atoms with Gasteiger partial charge in [-0.25, -0.2) is 9.59 Å². The number of carbonyl (C=O) groups excluding carboxylic acids is 3. The van der Waals surface area contributed by atoms with E-state index in [-0.39, 0.29) is 6.61 Å². The molecular weight excluding hydrogens is 236 g/mol. The number of rotatable bonds is 4. The number of urea groups is 1. The van der Waals surface area contributed by atoms with Crippen LogP contribution in [0.2, 0.25) is 0 Å². The summed E-state index contributed by atoms with van der Waals surface area (Å²) in [5.74, 6) is -1.20. The van der Waals surface area contributed by atoms with Crippen molar-refractivity contribution >= 4 is 29.5 Å². The van der Waals surface area contributed by atoms with Crippen LogP contribution in [0.1, 0.15) is 20.8 Å². The van der Waals surface area contributed by atoms with Crippen molar-refractivity contribution in [1.29, 1.82) is 0 Å². The molecule has 0 fully saturated rings. The number of imide groups is 1. The Hall–Kier alpha value is -1.30. The summed E-state index contributed by atoms with van der Waals surface area (Å²) in [5, 5.41) is 3.41. The molecule has 2 N–H and O–H groups in total. The molecule has 0 radical (unpaired) electrons. The minimum absolute atomic E-state index is 0.226. The first-order valence-corrected chi connectivity index (χ1v) is 5.24. The van der Waals surface area contributed by atoms with E-state index in [2.05, 4.69) is 10.1 Å². The third kappa shape index (κ3) is 5.55. The van der Waals surface area contributed by atoms with Crippen LogP contribution in [0.25, 0.3) is 0 Å². The molecule has 0 aromatic heterocycles. The molecule has 16 heavy (non-hydrogen) atoms. The average molecular weight is 251 g/mol. The Bertz CT molecular complexity index is 281. The fraction of sp³-hybridized carbons (Fsp3) is 0.667. The normalized spacial score (nSPS) is 13.5. The van der Waals surface area contributed by atoms with Crippen LogP contribution in [0.4, 0.5) is 4.79 Å². The highest BCUT2D eigenvalue weighted by molar-refractivity contribution is 6.31. The van der Waals surface area contributed by atoms with Gasteiger partial charge in [0.15, 0.2) is 0 Å². The Labute approximate surface area is 98.7 Å². The van der Waals surface area contributed by atoms with Gasteiger partial charge in [0.2, 0.25) is 5.91 Å². The number of alkyl halides is 1. The van der Waals surface area contributed by atoms with Gasteiger partial charge in [-0.15, -0.1) is 11.6 Å². The van der Waals surface area contributed by atoms with Crippen molar-refractivity contribution < 1.29 is 19.1 Å². The van der Waals surface area contributed by atoms with Crippen molar-refractivity contribution in [2.24, 2.45) is 0 Å². The minimum Gasteiger partial charge on any atom is -0.464 e. The molecule has 0 heterocycles. The maximum absolute atomic E-state index is 11.2. The van der Waals surface area contributed by atoms with Gasteiger partial charge < -0.3 is 10.1 Å². The lowest BCUT2D eigenvalue weighted by Gasteiger charge is -2.13. The van der Waals surface area contributed by atoms with Gasteiger partial charge >= 0.3 is 12.0 Å². The Morgan fingerprint density at radius 1 is 1.31 bits per heavy atom. The van der Waals surface area contributed by atoms with Gasteiger partial charge in [-0.05, 0) is 20.8 Å². The number of amides is 3. The maximum atomic E-state index is 11.2. The summed E-state index contributed by atoms with van der Waals surface area (Å²) < 4.78 is 4.66. The standard InChI is InChI=1S/C9H15ClN2O4/c1-4-16-8(14)6(3)11-9(15)12-7(13)5(2)10/h5-6H,4H2,1-3H3,(H2,11,12,13,15). The molecule has 0 rings (SSSR count). The van der Waals surface area contributed by atoms with E-state index in [1.165, 1.54) is 13.8 Å². The molecule has 0 aliphatic heterocycles. The van der Waals surface area contributed by atoms with Crippen molar-refractivity contribution in [3.05, 3.63) is 0 Å². The molecular formula is C9H15ClN2O4. The first kappa shape index (κ1) is 14.7. The van der Waals surface area contributed by atoms with Gasteiger partial charge in [0.1, 0.15) is 11.4 Å². The number of ether oxygens (including phenoxy) is 1. The second-order valence-electron chi connectivity index (χ2n) is 3.05. The topological polar surface area (TPSA) is 84.5 Å². The van der Waals surface area contributed by atoms with E-state index in [1.807, 2.05) is 5.32 Å². The zero-order valence-corrected chi connectivity index (χ0v) is 10.1. The van der Waals surface area contributed by atoms with E-state index in [1.54, 1.807) is 6.92 Å². The van der Waals surface area contributed by atoms with Gasteiger partial charge in [0.25, 0.3) is 0 Å². The zero-order chi connectivity index (χ0) is 12.7. The molecule has 0 aromatic carbocycles. The highest BCUT2D eigenvalue weighted by Gasteiger charge is 2.19. The smallest absolute Gasteiger partial charge is 0.328 e. The summed E-state index contributed by atoms with van der Waals surface area (Å²) in [4.78, 5) is 33.3. The van der Waals surface area contributed by atoms with E-state index in [9.17, 15) is 14.4 Å². The number of carbonyl (C=O) groups is 3. The van der Waals surface area contributed by atoms with Gasteiger partial charge in [0, 0.05) is 0 Å². The third-order valence-electron chi connectivity index (χ3n) is 1.59. The second-order valence-corrected chi connectivity index (χ2v) is 3.71. The number of nitrogens with one attached hydrogen (secondary N) is 2. The Kier molecular flexibility index (Phi) is 6.48. The van der Waals surface area contributed by atoms with Crippen LogP contribution < -0.4 is 10.6 Å². The van der Waals surface area contributed by atoms with Crippen LogP contribution in [-0.2, 0) is 14.3 Å². The van der Waals surface area contributed by atoms with Crippen LogP contribution in [0.5, 0.6) is 0 Å². The van der Waals surface area contributed by atoms with Crippen LogP contribution in [-0.4, -0.2) is 35.9 Å². The lowest BCUT2D eigenvalue weighted by molar-refractivity contribution is -0.144. The zero-order valence-electron chi connectivity index (χ0n) is 9.37. The van der Waals surface area contributed by atoms with Crippen LogP contribution >= 0.6 is 11.6 Å². The predicted octanol–water partition coefficient (Wildman–Crippen LogP) is 0.391. The lowest BCUT2D eigenvalue weighted by Crippen LogP contribution is -2.48. The number of hydrogen-bond acceptors (Lipinski definition) is 4. The van der Waals surface area contributed by atoms with Gasteiger partial charge in [0.05, 0.1) is 6.61 Å². The first-order chi connectivity index (χ1) is 7.38. The van der Waals surface area contributed by atoms with Gasteiger partial charge in [-0.3, -0.25) is 10.1 Å². The molecule has 0 aliphatic carbocycles. The fourth-order valence-electron chi connectivity index (χ4n) is 0.770. The Morgan fingerprint density at radius 3 is 2.31 bits per heavy atom. The predicted molar refractivity (Wildman–Crippen MR) is 58.1 cm³/mol. The lowest BCUT2D eigenvalue weighted by atomic mass is 10.3. The first-order valence-electron chi connectivity index (χ1n) is 4.80. The molecule has 3 amide bonds. The molecule has 0 bridgehead atoms. The third-order valence-corrected chi connectivity index (χ3v) is 1.78. The summed E-state index contributed by atoms with van der Waals surface area (Å²) in [5.41, 5.74) is 0. The van der Waals surface area contributed by atoms with Crippen molar-refractivity contribution in [3.63, 3.8) is 0 Å². The summed E-state index contributed by atoms with van der Waals surface area (Å²) in [7, 11) is 0. The van der Waals surface area contributed by atoms with Crippen molar-refractivity contribution in [2.75, 3.05) is 6.61 Å². The average Bonchev–Trinajstić information content (AvgIpc) is 2.17.